The number of hydrogen-bond donors (Lipinski definition) is 2. The Bertz CT molecular complexity index is 642. The first-order valence-electron chi connectivity index (χ1n) is 6.65. The molecule has 0 aliphatic heterocycles. The second-order valence-corrected chi connectivity index (χ2v) is 5.54. The predicted molar refractivity (Wildman–Crippen MR) is 81.6 cm³/mol. The van der Waals surface area contributed by atoms with Crippen LogP contribution in [-0.4, -0.2) is 22.2 Å². The lowest BCUT2D eigenvalue weighted by atomic mass is 10.1. The second kappa shape index (κ2) is 7.56. The van der Waals surface area contributed by atoms with Crippen molar-refractivity contribution in [2.75, 3.05) is 0 Å². The number of hydrogen-bond acceptors (Lipinski definition) is 5. The molecule has 0 saturated heterocycles. The van der Waals surface area contributed by atoms with Crippen molar-refractivity contribution in [2.45, 2.75) is 26.0 Å². The van der Waals surface area contributed by atoms with E-state index in [1.54, 1.807) is 12.4 Å². The van der Waals surface area contributed by atoms with Gasteiger partial charge in [0.2, 0.25) is 0 Å². The standard InChI is InChI=1S/C15H16N2O4S/c1-10-14(22-9-16-10)12(7-13(18)19)17-15(20)21-8-11-5-3-2-4-6-11/h2-6,9,12H,7-8H2,1H3,(H,17,20)(H,18,19)/t12-/m0/s1. The number of rotatable bonds is 6. The van der Waals surface area contributed by atoms with Gasteiger partial charge in [-0.1, -0.05) is 30.3 Å². The van der Waals surface area contributed by atoms with E-state index in [0.29, 0.717) is 5.69 Å². The van der Waals surface area contributed by atoms with Gasteiger partial charge in [-0.2, -0.15) is 0 Å². The van der Waals surface area contributed by atoms with Crippen LogP contribution in [0, 0.1) is 6.92 Å². The summed E-state index contributed by atoms with van der Waals surface area (Å²) in [7, 11) is 0. The molecule has 0 aliphatic carbocycles. The number of nitrogens with one attached hydrogen (secondary N) is 1. The van der Waals surface area contributed by atoms with Crippen LogP contribution in [0.15, 0.2) is 35.8 Å². The largest absolute Gasteiger partial charge is 0.481 e. The maximum Gasteiger partial charge on any atom is 0.407 e. The molecule has 0 saturated carbocycles. The maximum absolute atomic E-state index is 11.9. The Morgan fingerprint density at radius 1 is 1.36 bits per heavy atom. The average Bonchev–Trinajstić information content (AvgIpc) is 2.91. The topological polar surface area (TPSA) is 88.5 Å². The van der Waals surface area contributed by atoms with Crippen molar-refractivity contribution >= 4 is 23.4 Å². The molecular weight excluding hydrogens is 304 g/mol. The lowest BCUT2D eigenvalue weighted by Crippen LogP contribution is -2.30. The molecule has 1 heterocycles. The Hall–Kier alpha value is -2.41. The molecule has 22 heavy (non-hydrogen) atoms. The highest BCUT2D eigenvalue weighted by molar-refractivity contribution is 7.09. The number of carboxylic acids is 1. The average molecular weight is 320 g/mol. The molecule has 6 nitrogen and oxygen atoms in total. The SMILES string of the molecule is Cc1ncsc1[C@H](CC(=O)O)NC(=O)OCc1ccccc1. The fourth-order valence-electron chi connectivity index (χ4n) is 1.94. The molecule has 1 aromatic heterocycles. The van der Waals surface area contributed by atoms with Crippen LogP contribution in [0.4, 0.5) is 4.79 Å². The minimum atomic E-state index is -0.999. The third-order valence-electron chi connectivity index (χ3n) is 2.98. The Morgan fingerprint density at radius 2 is 2.09 bits per heavy atom. The number of carbonyl (C=O) groups is 2. The summed E-state index contributed by atoms with van der Waals surface area (Å²) in [5.74, 6) is -0.999. The molecule has 0 spiro atoms. The Labute approximate surface area is 131 Å². The minimum Gasteiger partial charge on any atom is -0.481 e. The van der Waals surface area contributed by atoms with Crippen molar-refractivity contribution in [2.24, 2.45) is 0 Å². The summed E-state index contributed by atoms with van der Waals surface area (Å²) in [6.45, 7) is 1.91. The van der Waals surface area contributed by atoms with Gasteiger partial charge in [0.1, 0.15) is 6.61 Å². The molecule has 0 aliphatic rings. The first kappa shape index (κ1) is 16.0. The van der Waals surface area contributed by atoms with Crippen molar-refractivity contribution in [3.05, 3.63) is 52.0 Å². The molecule has 1 atom stereocenters. The molecule has 1 amide bonds. The number of carbonyl (C=O) groups excluding carboxylic acids is 1. The number of thiazole rings is 1. The fourth-order valence-corrected chi connectivity index (χ4v) is 2.79. The quantitative estimate of drug-likeness (QED) is 0.854. The highest BCUT2D eigenvalue weighted by Gasteiger charge is 2.22. The maximum atomic E-state index is 11.9. The van der Waals surface area contributed by atoms with E-state index < -0.39 is 18.1 Å². The molecule has 2 rings (SSSR count). The molecule has 116 valence electrons. The van der Waals surface area contributed by atoms with Gasteiger partial charge in [-0.25, -0.2) is 9.78 Å². The van der Waals surface area contributed by atoms with Crippen LogP contribution < -0.4 is 5.32 Å². The number of aromatic nitrogens is 1. The molecule has 2 aromatic rings. The van der Waals surface area contributed by atoms with Crippen molar-refractivity contribution in [3.63, 3.8) is 0 Å². The monoisotopic (exact) mass is 320 g/mol. The van der Waals surface area contributed by atoms with Crippen LogP contribution in [0.2, 0.25) is 0 Å². The van der Waals surface area contributed by atoms with Crippen molar-refractivity contribution < 1.29 is 19.4 Å². The smallest absolute Gasteiger partial charge is 0.407 e. The van der Waals surface area contributed by atoms with Crippen molar-refractivity contribution in [1.82, 2.24) is 10.3 Å². The van der Waals surface area contributed by atoms with E-state index in [1.165, 1.54) is 11.3 Å². The highest BCUT2D eigenvalue weighted by atomic mass is 32.1. The van der Waals surface area contributed by atoms with Crippen molar-refractivity contribution in [3.8, 4) is 0 Å². The summed E-state index contributed by atoms with van der Waals surface area (Å²) in [6.07, 6.45) is -0.869. The van der Waals surface area contributed by atoms with Crippen LogP contribution in [0.5, 0.6) is 0 Å². The molecule has 0 bridgehead atoms. The minimum absolute atomic E-state index is 0.133. The lowest BCUT2D eigenvalue weighted by molar-refractivity contribution is -0.137. The molecule has 1 aromatic carbocycles. The summed E-state index contributed by atoms with van der Waals surface area (Å²) in [4.78, 5) is 27.6. The van der Waals surface area contributed by atoms with E-state index in [4.69, 9.17) is 9.84 Å². The highest BCUT2D eigenvalue weighted by Crippen LogP contribution is 2.24. The van der Waals surface area contributed by atoms with Gasteiger partial charge in [-0.15, -0.1) is 11.3 Å². The van der Waals surface area contributed by atoms with Crippen LogP contribution in [0.1, 0.15) is 28.6 Å². The van der Waals surface area contributed by atoms with Gasteiger partial charge in [0.25, 0.3) is 0 Å². The van der Waals surface area contributed by atoms with E-state index in [0.717, 1.165) is 10.4 Å². The van der Waals surface area contributed by atoms with Gasteiger partial charge in [0.05, 0.1) is 28.5 Å². The van der Waals surface area contributed by atoms with Gasteiger partial charge in [-0.05, 0) is 12.5 Å². The predicted octanol–water partition coefficient (Wildman–Crippen LogP) is 2.89. The summed E-state index contributed by atoms with van der Waals surface area (Å²) < 4.78 is 5.12. The van der Waals surface area contributed by atoms with Gasteiger partial charge in [0, 0.05) is 0 Å². The lowest BCUT2D eigenvalue weighted by Gasteiger charge is -2.16. The number of amides is 1. The molecular formula is C15H16N2O4S. The number of nitrogens with zero attached hydrogens (tertiary/aromatic N) is 1. The van der Waals surface area contributed by atoms with E-state index in [9.17, 15) is 9.59 Å². The van der Waals surface area contributed by atoms with E-state index >= 15 is 0 Å². The second-order valence-electron chi connectivity index (χ2n) is 4.66. The molecule has 0 unspecified atom stereocenters. The van der Waals surface area contributed by atoms with E-state index in [-0.39, 0.29) is 13.0 Å². The third kappa shape index (κ3) is 4.56. The number of alkyl carbamates (subject to hydrolysis) is 1. The van der Waals surface area contributed by atoms with Crippen LogP contribution in [0.25, 0.3) is 0 Å². The van der Waals surface area contributed by atoms with Gasteiger partial charge < -0.3 is 15.2 Å². The molecule has 0 radical (unpaired) electrons. The summed E-state index contributed by atoms with van der Waals surface area (Å²) in [5, 5.41) is 11.6. The number of ether oxygens (including phenoxy) is 1. The first-order valence-corrected chi connectivity index (χ1v) is 7.53. The van der Waals surface area contributed by atoms with Gasteiger partial charge >= 0.3 is 12.1 Å². The van der Waals surface area contributed by atoms with Crippen LogP contribution in [-0.2, 0) is 16.1 Å². The van der Waals surface area contributed by atoms with Crippen LogP contribution in [0.3, 0.4) is 0 Å². The molecule has 0 fully saturated rings. The zero-order chi connectivity index (χ0) is 15.9. The number of carboxylic acid groups (broad SMARTS) is 1. The summed E-state index contributed by atoms with van der Waals surface area (Å²) >= 11 is 1.31. The van der Waals surface area contributed by atoms with Gasteiger partial charge in [0.15, 0.2) is 0 Å². The third-order valence-corrected chi connectivity index (χ3v) is 4.03. The fraction of sp³-hybridized carbons (Fsp3) is 0.267. The number of aliphatic carboxylic acids is 1. The first-order chi connectivity index (χ1) is 10.6. The summed E-state index contributed by atoms with van der Waals surface area (Å²) in [5.41, 5.74) is 3.19. The summed E-state index contributed by atoms with van der Waals surface area (Å²) in [6, 6.07) is 8.62. The Kier molecular flexibility index (Phi) is 5.48. The zero-order valence-corrected chi connectivity index (χ0v) is 12.8. The molecule has 7 heteroatoms. The van der Waals surface area contributed by atoms with E-state index in [1.807, 2.05) is 30.3 Å². The van der Waals surface area contributed by atoms with Crippen LogP contribution >= 0.6 is 11.3 Å². The normalized spacial score (nSPS) is 11.7. The Balaban J connectivity index is 1.96. The van der Waals surface area contributed by atoms with Crippen molar-refractivity contribution in [1.29, 1.82) is 0 Å². The number of aryl methyl sites for hydroxylation is 1. The van der Waals surface area contributed by atoms with E-state index in [2.05, 4.69) is 10.3 Å². The molecule has 2 N–H and O–H groups in total. The zero-order valence-electron chi connectivity index (χ0n) is 12.0. The van der Waals surface area contributed by atoms with Gasteiger partial charge in [-0.3, -0.25) is 4.79 Å². The Morgan fingerprint density at radius 3 is 2.68 bits per heavy atom. The number of benzene rings is 1.